The minimum absolute atomic E-state index is 0.0277. The van der Waals surface area contributed by atoms with E-state index in [9.17, 15) is 14.9 Å². The molecule has 4 aromatic rings. The van der Waals surface area contributed by atoms with E-state index >= 15 is 0 Å². The van der Waals surface area contributed by atoms with Gasteiger partial charge in [0, 0.05) is 31.6 Å². The molecule has 2 aromatic carbocycles. The van der Waals surface area contributed by atoms with Crippen LogP contribution in [0.3, 0.4) is 0 Å². The van der Waals surface area contributed by atoms with Gasteiger partial charge in [-0.3, -0.25) is 9.59 Å². The van der Waals surface area contributed by atoms with Crippen molar-refractivity contribution in [2.45, 2.75) is 6.54 Å². The molecule has 0 radical (unpaired) electrons. The molecule has 0 unspecified atom stereocenters. The topological polar surface area (TPSA) is 78.6 Å². The molecule has 8 heteroatoms. The molecular formula is C27H24N4O3S. The number of pyridine rings is 1. The maximum Gasteiger partial charge on any atom is 0.271 e. The number of amides is 1. The molecule has 2 aromatic heterocycles. The Bertz CT molecular complexity index is 1460. The van der Waals surface area contributed by atoms with E-state index in [1.165, 1.54) is 11.3 Å². The lowest BCUT2D eigenvalue weighted by molar-refractivity contribution is 0.0751. The second-order valence-corrected chi connectivity index (χ2v) is 9.30. The van der Waals surface area contributed by atoms with Crippen molar-refractivity contribution in [1.29, 1.82) is 5.26 Å². The number of benzene rings is 2. The molecule has 7 nitrogen and oxygen atoms in total. The Balaban J connectivity index is 1.50. The third-order valence-corrected chi connectivity index (χ3v) is 7.23. The predicted octanol–water partition coefficient (Wildman–Crippen LogP) is 3.95. The van der Waals surface area contributed by atoms with E-state index in [0.717, 1.165) is 27.1 Å². The van der Waals surface area contributed by atoms with E-state index in [4.69, 9.17) is 4.74 Å². The van der Waals surface area contributed by atoms with Crippen molar-refractivity contribution in [2.75, 3.05) is 38.2 Å². The fourth-order valence-corrected chi connectivity index (χ4v) is 5.27. The summed E-state index contributed by atoms with van der Waals surface area (Å²) in [6.45, 7) is 2.52. The van der Waals surface area contributed by atoms with E-state index < -0.39 is 0 Å². The van der Waals surface area contributed by atoms with Crippen molar-refractivity contribution in [3.63, 3.8) is 0 Å². The highest BCUT2D eigenvalue weighted by Crippen LogP contribution is 2.30. The van der Waals surface area contributed by atoms with Crippen molar-refractivity contribution < 1.29 is 9.53 Å². The van der Waals surface area contributed by atoms with Gasteiger partial charge in [0.2, 0.25) is 0 Å². The van der Waals surface area contributed by atoms with Gasteiger partial charge in [0.15, 0.2) is 0 Å². The number of carbonyl (C=O) groups is 1. The van der Waals surface area contributed by atoms with Gasteiger partial charge in [-0.25, -0.2) is 0 Å². The van der Waals surface area contributed by atoms with Crippen LogP contribution in [0.4, 0.5) is 5.69 Å². The number of thiophene rings is 1. The lowest BCUT2D eigenvalue weighted by Crippen LogP contribution is -2.49. The Labute approximate surface area is 207 Å². The molecule has 1 aliphatic rings. The zero-order chi connectivity index (χ0) is 24.4. The fourth-order valence-electron chi connectivity index (χ4n) is 4.58. The van der Waals surface area contributed by atoms with Crippen LogP contribution in [0, 0.1) is 11.3 Å². The number of rotatable bonds is 5. The van der Waals surface area contributed by atoms with Crippen LogP contribution >= 0.6 is 11.3 Å². The first-order valence-electron chi connectivity index (χ1n) is 11.4. The molecule has 0 bridgehead atoms. The molecule has 1 saturated heterocycles. The highest BCUT2D eigenvalue weighted by atomic mass is 32.1. The summed E-state index contributed by atoms with van der Waals surface area (Å²) in [7, 11) is 1.61. The molecule has 0 saturated carbocycles. The Morgan fingerprint density at radius 1 is 1.03 bits per heavy atom. The Morgan fingerprint density at radius 2 is 1.77 bits per heavy atom. The first-order valence-corrected chi connectivity index (χ1v) is 12.2. The summed E-state index contributed by atoms with van der Waals surface area (Å²) in [4.78, 5) is 30.9. The van der Waals surface area contributed by atoms with Gasteiger partial charge in [-0.1, -0.05) is 36.4 Å². The van der Waals surface area contributed by atoms with E-state index in [0.29, 0.717) is 38.4 Å². The molecule has 0 N–H and O–H groups in total. The lowest BCUT2D eigenvalue weighted by Gasteiger charge is -2.37. The number of piperazine rings is 1. The number of para-hydroxylation sites is 1. The number of carbonyl (C=O) groups excluding carboxylic acids is 1. The van der Waals surface area contributed by atoms with Gasteiger partial charge < -0.3 is 19.1 Å². The lowest BCUT2D eigenvalue weighted by atomic mass is 10.1. The van der Waals surface area contributed by atoms with E-state index in [2.05, 4.69) is 11.0 Å². The van der Waals surface area contributed by atoms with Gasteiger partial charge in [-0.15, -0.1) is 11.3 Å². The summed E-state index contributed by atoms with van der Waals surface area (Å²) in [5.41, 5.74) is 2.20. The number of hydrogen-bond donors (Lipinski definition) is 0. The number of nitrogens with zero attached hydrogens (tertiary/aromatic N) is 4. The standard InChI is InChI=1S/C27H24N4O3S/c1-34-20-10-8-19(9-11-20)18-31-23-6-3-2-5-21(23)25(22(17-28)26(31)32)29-12-14-30(15-13-29)27(33)24-7-4-16-35-24/h2-11,16H,12-15,18H2,1H3. The van der Waals surface area contributed by atoms with E-state index in [1.54, 1.807) is 11.7 Å². The molecule has 3 heterocycles. The van der Waals surface area contributed by atoms with Crippen molar-refractivity contribution in [2.24, 2.45) is 0 Å². The average Bonchev–Trinajstić information content (AvgIpc) is 3.45. The van der Waals surface area contributed by atoms with E-state index in [1.807, 2.05) is 70.9 Å². The largest absolute Gasteiger partial charge is 0.497 e. The summed E-state index contributed by atoms with van der Waals surface area (Å²) >= 11 is 1.44. The second-order valence-electron chi connectivity index (χ2n) is 8.35. The number of anilines is 1. The zero-order valence-electron chi connectivity index (χ0n) is 19.3. The quantitative estimate of drug-likeness (QED) is 0.429. The third-order valence-electron chi connectivity index (χ3n) is 6.37. The molecule has 0 atom stereocenters. The minimum atomic E-state index is -0.311. The molecular weight excluding hydrogens is 460 g/mol. The minimum Gasteiger partial charge on any atom is -0.497 e. The SMILES string of the molecule is COc1ccc(Cn2c(=O)c(C#N)c(N3CCN(C(=O)c4cccs4)CC3)c3ccccc32)cc1. The Hall–Kier alpha value is -4.09. The first kappa shape index (κ1) is 22.7. The van der Waals surface area contributed by atoms with Gasteiger partial charge in [0.05, 0.1) is 29.7 Å². The Morgan fingerprint density at radius 3 is 2.43 bits per heavy atom. The predicted molar refractivity (Wildman–Crippen MR) is 137 cm³/mol. The van der Waals surface area contributed by atoms with Crippen LogP contribution in [0.5, 0.6) is 5.75 Å². The third kappa shape index (κ3) is 4.27. The van der Waals surface area contributed by atoms with Crippen molar-refractivity contribution in [3.8, 4) is 11.8 Å². The van der Waals surface area contributed by atoms with Crippen LogP contribution in [0.2, 0.25) is 0 Å². The number of fused-ring (bicyclic) bond motifs is 1. The number of aromatic nitrogens is 1. The average molecular weight is 485 g/mol. The van der Waals surface area contributed by atoms with Crippen molar-refractivity contribution in [3.05, 3.63) is 92.4 Å². The highest BCUT2D eigenvalue weighted by Gasteiger charge is 2.27. The number of methoxy groups -OCH3 is 1. The van der Waals surface area contributed by atoms with Crippen molar-refractivity contribution >= 4 is 33.8 Å². The first-order chi connectivity index (χ1) is 17.1. The molecule has 0 spiro atoms. The monoisotopic (exact) mass is 484 g/mol. The molecule has 176 valence electrons. The molecule has 5 rings (SSSR count). The van der Waals surface area contributed by atoms with Gasteiger partial charge >= 0.3 is 0 Å². The Kier molecular flexibility index (Phi) is 6.25. The van der Waals surface area contributed by atoms with Gasteiger partial charge in [0.25, 0.3) is 11.5 Å². The highest BCUT2D eigenvalue weighted by molar-refractivity contribution is 7.12. The van der Waals surface area contributed by atoms with Crippen LogP contribution in [-0.4, -0.2) is 48.7 Å². The van der Waals surface area contributed by atoms with Gasteiger partial charge in [-0.05, 0) is 35.2 Å². The van der Waals surface area contributed by atoms with Crippen LogP contribution in [0.15, 0.2) is 70.8 Å². The summed E-state index contributed by atoms with van der Waals surface area (Å²) in [6, 6.07) is 21.2. The van der Waals surface area contributed by atoms with Crippen molar-refractivity contribution in [1.82, 2.24) is 9.47 Å². The molecule has 1 fully saturated rings. The molecule has 35 heavy (non-hydrogen) atoms. The van der Waals surface area contributed by atoms with Gasteiger partial charge in [0.1, 0.15) is 17.4 Å². The smallest absolute Gasteiger partial charge is 0.271 e. The summed E-state index contributed by atoms with van der Waals surface area (Å²) in [5, 5.41) is 12.8. The fraction of sp³-hybridized carbons (Fsp3) is 0.222. The summed E-state index contributed by atoms with van der Waals surface area (Å²) in [5.74, 6) is 0.774. The maximum absolute atomic E-state index is 13.6. The van der Waals surface area contributed by atoms with Crippen LogP contribution in [0.1, 0.15) is 20.8 Å². The van der Waals surface area contributed by atoms with Crippen LogP contribution < -0.4 is 15.2 Å². The molecule has 1 aliphatic heterocycles. The number of hydrogen-bond acceptors (Lipinski definition) is 6. The second kappa shape index (κ2) is 9.65. The zero-order valence-corrected chi connectivity index (χ0v) is 20.1. The summed E-state index contributed by atoms with van der Waals surface area (Å²) < 4.78 is 6.90. The van der Waals surface area contributed by atoms with Crippen LogP contribution in [0.25, 0.3) is 10.9 Å². The number of ether oxygens (including phenoxy) is 1. The normalized spacial score (nSPS) is 13.6. The summed E-state index contributed by atoms with van der Waals surface area (Å²) in [6.07, 6.45) is 0. The van der Waals surface area contributed by atoms with E-state index in [-0.39, 0.29) is 17.0 Å². The number of nitriles is 1. The molecule has 1 amide bonds. The molecule has 0 aliphatic carbocycles. The van der Waals surface area contributed by atoms with Gasteiger partial charge in [-0.2, -0.15) is 5.26 Å². The maximum atomic E-state index is 13.6. The van der Waals surface area contributed by atoms with Crippen LogP contribution in [-0.2, 0) is 6.54 Å².